The van der Waals surface area contributed by atoms with E-state index in [-0.39, 0.29) is 47.0 Å². The number of hydrogen-bond donors (Lipinski definition) is 1. The van der Waals surface area contributed by atoms with Gasteiger partial charge in [0, 0.05) is 41.7 Å². The van der Waals surface area contributed by atoms with Crippen LogP contribution in [0.25, 0.3) is 11.0 Å². The van der Waals surface area contributed by atoms with E-state index >= 15 is 0 Å². The van der Waals surface area contributed by atoms with E-state index in [1.807, 2.05) is 37.3 Å². The van der Waals surface area contributed by atoms with Crippen molar-refractivity contribution in [2.75, 3.05) is 19.8 Å². The summed E-state index contributed by atoms with van der Waals surface area (Å²) in [7, 11) is 0. The van der Waals surface area contributed by atoms with Crippen LogP contribution >= 0.6 is 0 Å². The monoisotopic (exact) mass is 451 g/mol. The number of nitrogens with one attached hydrogen (secondary N) is 1. The molecule has 3 aromatic rings. The Bertz CT molecular complexity index is 1000. The summed E-state index contributed by atoms with van der Waals surface area (Å²) in [4.78, 5) is 12.0. The van der Waals surface area contributed by atoms with Crippen LogP contribution in [0.4, 0.5) is 0 Å². The molecule has 0 radical (unpaired) electrons. The standard InChI is InChI=1S/C22H25N3O4S.Na.H/c1-15-19(14-30(26)21-24-17-5-2-3-6-18(17)25-21)23-10-7-20(15)27-11-16-12-28-22(29-13-16)8-4-9-22;;/h2-3,5-7,10,16H,4,8-9,11-14H2,1H3,(H,24,25);;. The fourth-order valence-corrected chi connectivity index (χ4v) is 4.88. The molecule has 2 aliphatic rings. The van der Waals surface area contributed by atoms with Gasteiger partial charge in [-0.15, -0.1) is 0 Å². The van der Waals surface area contributed by atoms with Crippen LogP contribution in [-0.4, -0.2) is 74.7 Å². The zero-order chi connectivity index (χ0) is 20.6. The molecule has 0 bridgehead atoms. The van der Waals surface area contributed by atoms with E-state index in [2.05, 4.69) is 15.0 Å². The van der Waals surface area contributed by atoms with E-state index < -0.39 is 11.2 Å². The van der Waals surface area contributed by atoms with Crippen molar-refractivity contribution in [3.05, 3.63) is 47.8 Å². The molecule has 7 nitrogen and oxygen atoms in total. The molecule has 31 heavy (non-hydrogen) atoms. The molecule has 1 spiro atoms. The van der Waals surface area contributed by atoms with E-state index in [9.17, 15) is 4.55 Å². The Morgan fingerprint density at radius 3 is 2.71 bits per heavy atom. The van der Waals surface area contributed by atoms with Crippen LogP contribution < -0.4 is 4.74 Å². The van der Waals surface area contributed by atoms with E-state index in [4.69, 9.17) is 14.2 Å². The molecule has 1 aliphatic heterocycles. The third kappa shape index (κ3) is 4.95. The second-order valence-electron chi connectivity index (χ2n) is 7.99. The fraction of sp³-hybridized carbons (Fsp3) is 0.455. The Morgan fingerprint density at radius 1 is 1.23 bits per heavy atom. The first kappa shape index (κ1) is 23.0. The van der Waals surface area contributed by atoms with Gasteiger partial charge in [-0.2, -0.15) is 4.98 Å². The maximum absolute atomic E-state index is 12.9. The number of rotatable bonds is 6. The Kier molecular flexibility index (Phi) is 7.27. The number of pyridine rings is 1. The Labute approximate surface area is 206 Å². The summed E-state index contributed by atoms with van der Waals surface area (Å²) in [5.74, 6) is 0.931. The van der Waals surface area contributed by atoms with Crippen LogP contribution in [0.15, 0.2) is 41.7 Å². The zero-order valence-electron chi connectivity index (χ0n) is 16.9. The predicted octanol–water partition coefficient (Wildman–Crippen LogP) is 2.85. The Hall–Kier alpha value is -1.13. The number of hydrogen-bond acceptors (Lipinski definition) is 6. The number of para-hydroxylation sites is 2. The van der Waals surface area contributed by atoms with Crippen molar-refractivity contribution in [2.24, 2.45) is 5.92 Å². The van der Waals surface area contributed by atoms with Gasteiger partial charge in [-0.1, -0.05) is 12.1 Å². The third-order valence-corrected chi connectivity index (χ3v) is 7.02. The van der Waals surface area contributed by atoms with Gasteiger partial charge < -0.3 is 18.8 Å². The van der Waals surface area contributed by atoms with Crippen LogP contribution in [-0.2, 0) is 26.4 Å². The van der Waals surface area contributed by atoms with Gasteiger partial charge >= 0.3 is 34.7 Å². The van der Waals surface area contributed by atoms with Crippen molar-refractivity contribution < 1.29 is 18.8 Å². The average Bonchev–Trinajstić information content (AvgIpc) is 3.18. The van der Waals surface area contributed by atoms with Crippen LogP contribution in [0.1, 0.15) is 30.5 Å². The SMILES string of the molecule is Cc1c(OCC2COC3(CCC3)OC2)ccnc1C[S+]([O-])c1nc2ccccc2[nH]1.[NaH]. The minimum absolute atomic E-state index is 0. The molecular weight excluding hydrogens is 425 g/mol. The summed E-state index contributed by atoms with van der Waals surface area (Å²) in [6.45, 7) is 3.79. The topological polar surface area (TPSA) is 92.3 Å². The molecule has 1 N–H and O–H groups in total. The molecule has 5 rings (SSSR count). The van der Waals surface area contributed by atoms with Gasteiger partial charge in [-0.3, -0.25) is 9.97 Å². The third-order valence-electron chi connectivity index (χ3n) is 5.86. The van der Waals surface area contributed by atoms with Gasteiger partial charge in [0.2, 0.25) is 0 Å². The van der Waals surface area contributed by atoms with Gasteiger partial charge in [-0.05, 0) is 31.5 Å². The Balaban J connectivity index is 0.00000231. The molecule has 9 heteroatoms. The Morgan fingerprint density at radius 2 is 2.00 bits per heavy atom. The van der Waals surface area contributed by atoms with E-state index in [1.54, 1.807) is 6.20 Å². The van der Waals surface area contributed by atoms with Gasteiger partial charge in [-0.25, -0.2) is 0 Å². The van der Waals surface area contributed by atoms with Gasteiger partial charge in [0.1, 0.15) is 5.75 Å². The van der Waals surface area contributed by atoms with Crippen LogP contribution in [0.2, 0.25) is 0 Å². The molecule has 1 atom stereocenters. The number of imidazole rings is 1. The molecule has 2 fully saturated rings. The van der Waals surface area contributed by atoms with E-state index in [1.165, 1.54) is 6.42 Å². The fourth-order valence-electron chi connectivity index (χ4n) is 3.78. The average molecular weight is 452 g/mol. The van der Waals surface area contributed by atoms with Gasteiger partial charge in [0.15, 0.2) is 11.5 Å². The molecule has 1 aromatic carbocycles. The van der Waals surface area contributed by atoms with Crippen molar-refractivity contribution in [2.45, 2.75) is 42.9 Å². The summed E-state index contributed by atoms with van der Waals surface area (Å²) in [5, 5.41) is 0.463. The summed E-state index contributed by atoms with van der Waals surface area (Å²) >= 11 is -1.32. The summed E-state index contributed by atoms with van der Waals surface area (Å²) < 4.78 is 30.7. The summed E-state index contributed by atoms with van der Waals surface area (Å²) in [5.41, 5.74) is 3.33. The molecule has 2 aromatic heterocycles. The van der Waals surface area contributed by atoms with Gasteiger partial charge in [0.25, 0.3) is 0 Å². The van der Waals surface area contributed by atoms with Gasteiger partial charge in [0.05, 0.1) is 36.5 Å². The number of ether oxygens (including phenoxy) is 3. The van der Waals surface area contributed by atoms with E-state index in [0.29, 0.717) is 25.0 Å². The molecular formula is C22H26N3NaO4S. The normalized spacial score (nSPS) is 19.0. The number of aromatic amines is 1. The number of fused-ring (bicyclic) bond motifs is 1. The first-order chi connectivity index (χ1) is 14.6. The quantitative estimate of drug-likeness (QED) is 0.458. The number of aromatic nitrogens is 3. The molecule has 1 saturated heterocycles. The second kappa shape index (κ2) is 9.79. The van der Waals surface area contributed by atoms with Crippen LogP contribution in [0.5, 0.6) is 5.75 Å². The van der Waals surface area contributed by atoms with Crippen molar-refractivity contribution in [3.8, 4) is 5.75 Å². The molecule has 1 unspecified atom stereocenters. The predicted molar refractivity (Wildman–Crippen MR) is 120 cm³/mol. The second-order valence-corrected chi connectivity index (χ2v) is 9.36. The number of H-pyrrole nitrogens is 1. The first-order valence-electron chi connectivity index (χ1n) is 10.3. The number of benzene rings is 1. The number of nitrogens with zero attached hydrogens (tertiary/aromatic N) is 2. The minimum atomic E-state index is -1.32. The summed E-state index contributed by atoms with van der Waals surface area (Å²) in [6, 6.07) is 9.51. The van der Waals surface area contributed by atoms with Crippen molar-refractivity contribution >= 4 is 51.8 Å². The first-order valence-corrected chi connectivity index (χ1v) is 11.6. The van der Waals surface area contributed by atoms with Crippen molar-refractivity contribution in [3.63, 3.8) is 0 Å². The molecule has 160 valence electrons. The van der Waals surface area contributed by atoms with Crippen LogP contribution in [0, 0.1) is 12.8 Å². The molecule has 3 heterocycles. The summed E-state index contributed by atoms with van der Waals surface area (Å²) in [6.07, 6.45) is 4.87. The molecule has 0 amide bonds. The van der Waals surface area contributed by atoms with E-state index in [0.717, 1.165) is 40.9 Å². The van der Waals surface area contributed by atoms with Crippen molar-refractivity contribution in [1.82, 2.24) is 15.0 Å². The van der Waals surface area contributed by atoms with Crippen LogP contribution in [0.3, 0.4) is 0 Å². The zero-order valence-corrected chi connectivity index (χ0v) is 17.7. The molecule has 1 saturated carbocycles. The van der Waals surface area contributed by atoms with Crippen molar-refractivity contribution in [1.29, 1.82) is 0 Å². The molecule has 1 aliphatic carbocycles. The maximum atomic E-state index is 12.9.